The average molecular weight is 206 g/mol. The van der Waals surface area contributed by atoms with Gasteiger partial charge in [-0.05, 0) is 26.3 Å². The van der Waals surface area contributed by atoms with Gasteiger partial charge in [0.2, 0.25) is 0 Å². The Morgan fingerprint density at radius 1 is 1.54 bits per heavy atom. The molecular weight excluding hydrogens is 188 g/mol. The summed E-state index contributed by atoms with van der Waals surface area (Å²) in [4.78, 5) is 10.4. The molecule has 4 N–H and O–H groups in total. The lowest BCUT2D eigenvalue weighted by Gasteiger charge is -2.07. The number of unbranched alkanes of at least 4 members (excludes halogenated alkanes) is 2. The van der Waals surface area contributed by atoms with Gasteiger partial charge in [-0.1, -0.05) is 18.4 Å². The van der Waals surface area contributed by atoms with Crippen LogP contribution < -0.4 is 10.5 Å². The molecule has 0 fully saturated rings. The van der Waals surface area contributed by atoms with Crippen molar-refractivity contribution in [3.05, 3.63) is 0 Å². The first kappa shape index (κ1) is 12.7. The van der Waals surface area contributed by atoms with E-state index in [2.05, 4.69) is 4.72 Å². The minimum absolute atomic E-state index is 0.473. The highest BCUT2D eigenvalue weighted by molar-refractivity contribution is 7.97. The maximum absolute atomic E-state index is 10.4. The number of hydrogen-bond donors (Lipinski definition) is 3. The van der Waals surface area contributed by atoms with Crippen LogP contribution in [0.4, 0.5) is 0 Å². The van der Waals surface area contributed by atoms with E-state index in [9.17, 15) is 4.79 Å². The van der Waals surface area contributed by atoms with Gasteiger partial charge in [-0.3, -0.25) is 9.52 Å². The number of rotatable bonds is 8. The first-order chi connectivity index (χ1) is 6.18. The van der Waals surface area contributed by atoms with Gasteiger partial charge in [0.05, 0.1) is 0 Å². The molecule has 0 aliphatic carbocycles. The zero-order valence-electron chi connectivity index (χ0n) is 7.95. The van der Waals surface area contributed by atoms with Gasteiger partial charge in [-0.2, -0.15) is 0 Å². The predicted octanol–water partition coefficient (Wildman–Crippen LogP) is 0.826. The van der Waals surface area contributed by atoms with Crippen LogP contribution in [0.2, 0.25) is 0 Å². The third kappa shape index (κ3) is 8.08. The summed E-state index contributed by atoms with van der Waals surface area (Å²) in [6.45, 7) is 2.37. The van der Waals surface area contributed by atoms with Crippen molar-refractivity contribution in [1.29, 1.82) is 0 Å². The lowest BCUT2D eigenvalue weighted by molar-refractivity contribution is -0.138. The summed E-state index contributed by atoms with van der Waals surface area (Å²) in [6, 6.07) is -0.473. The van der Waals surface area contributed by atoms with Crippen LogP contribution in [0.1, 0.15) is 26.2 Å². The molecule has 0 aliphatic heterocycles. The molecule has 78 valence electrons. The van der Waals surface area contributed by atoms with Crippen molar-refractivity contribution in [2.45, 2.75) is 32.2 Å². The first-order valence-corrected chi connectivity index (χ1v) is 5.47. The van der Waals surface area contributed by atoms with Crippen molar-refractivity contribution >= 4 is 17.9 Å². The van der Waals surface area contributed by atoms with Crippen LogP contribution in [0, 0.1) is 0 Å². The van der Waals surface area contributed by atoms with Crippen molar-refractivity contribution < 1.29 is 9.90 Å². The van der Waals surface area contributed by atoms with Gasteiger partial charge in [0, 0.05) is 5.75 Å². The van der Waals surface area contributed by atoms with Crippen LogP contribution in [0.5, 0.6) is 0 Å². The Balaban J connectivity index is 3.11. The Kier molecular flexibility index (Phi) is 8.18. The second-order valence-electron chi connectivity index (χ2n) is 2.88. The maximum atomic E-state index is 10.4. The Morgan fingerprint density at radius 3 is 2.77 bits per heavy atom. The first-order valence-electron chi connectivity index (χ1n) is 4.48. The molecule has 0 aliphatic rings. The number of carbonyl (C=O) groups is 1. The van der Waals surface area contributed by atoms with Crippen LogP contribution >= 0.6 is 11.9 Å². The van der Waals surface area contributed by atoms with Gasteiger partial charge in [0.15, 0.2) is 0 Å². The van der Waals surface area contributed by atoms with E-state index in [0.29, 0.717) is 0 Å². The largest absolute Gasteiger partial charge is 0.480 e. The zero-order chi connectivity index (χ0) is 10.1. The van der Waals surface area contributed by atoms with Crippen LogP contribution in [-0.2, 0) is 4.79 Å². The average Bonchev–Trinajstić information content (AvgIpc) is 2.10. The number of nitrogens with one attached hydrogen (secondary N) is 1. The highest BCUT2D eigenvalue weighted by atomic mass is 32.2. The molecule has 1 unspecified atom stereocenters. The van der Waals surface area contributed by atoms with Crippen LogP contribution in [0.25, 0.3) is 0 Å². The lowest BCUT2D eigenvalue weighted by atomic mass is 10.2. The molecule has 1 atom stereocenters. The third-order valence-corrected chi connectivity index (χ3v) is 2.59. The number of carboxylic acids is 1. The standard InChI is InChI=1S/C8H18N2O2S/c1-7(8(11)12)10-13-6-4-2-3-5-9/h7,10H,2-6,9H2,1H3,(H,11,12). The molecule has 0 aromatic carbocycles. The Morgan fingerprint density at radius 2 is 2.23 bits per heavy atom. The van der Waals surface area contributed by atoms with Gasteiger partial charge >= 0.3 is 5.97 Å². The van der Waals surface area contributed by atoms with Crippen LogP contribution in [0.15, 0.2) is 0 Å². The van der Waals surface area contributed by atoms with E-state index in [1.165, 1.54) is 11.9 Å². The van der Waals surface area contributed by atoms with E-state index in [-0.39, 0.29) is 0 Å². The highest BCUT2D eigenvalue weighted by Gasteiger charge is 2.08. The molecule has 0 bridgehead atoms. The van der Waals surface area contributed by atoms with E-state index in [1.54, 1.807) is 6.92 Å². The van der Waals surface area contributed by atoms with E-state index < -0.39 is 12.0 Å². The summed E-state index contributed by atoms with van der Waals surface area (Å²) >= 11 is 1.47. The van der Waals surface area contributed by atoms with Gasteiger partial charge < -0.3 is 10.8 Å². The Hall–Kier alpha value is -0.260. The molecule has 0 saturated heterocycles. The smallest absolute Gasteiger partial charge is 0.321 e. The number of carboxylic acid groups (broad SMARTS) is 1. The summed E-state index contributed by atoms with van der Waals surface area (Å²) in [5.41, 5.74) is 5.33. The molecule has 0 aromatic rings. The fourth-order valence-corrected chi connectivity index (χ4v) is 1.55. The van der Waals surface area contributed by atoms with E-state index >= 15 is 0 Å². The molecule has 0 saturated carbocycles. The molecule has 0 heterocycles. The second kappa shape index (κ2) is 8.34. The summed E-state index contributed by atoms with van der Waals surface area (Å²) < 4.78 is 2.84. The van der Waals surface area contributed by atoms with Gasteiger partial charge in [0.1, 0.15) is 6.04 Å². The monoisotopic (exact) mass is 206 g/mol. The molecule has 0 spiro atoms. The van der Waals surface area contributed by atoms with E-state index in [1.807, 2.05) is 0 Å². The molecule has 4 nitrogen and oxygen atoms in total. The molecule has 0 radical (unpaired) electrons. The number of hydrogen-bond acceptors (Lipinski definition) is 4. The molecule has 0 amide bonds. The highest BCUT2D eigenvalue weighted by Crippen LogP contribution is 2.03. The van der Waals surface area contributed by atoms with Crippen molar-refractivity contribution in [3.8, 4) is 0 Å². The summed E-state index contributed by atoms with van der Waals surface area (Å²) in [5, 5.41) is 8.53. The van der Waals surface area contributed by atoms with Crippen LogP contribution in [-0.4, -0.2) is 29.4 Å². The number of nitrogens with two attached hydrogens (primary N) is 1. The fraction of sp³-hybridized carbons (Fsp3) is 0.875. The summed E-state index contributed by atoms with van der Waals surface area (Å²) in [7, 11) is 0. The quantitative estimate of drug-likeness (QED) is 0.405. The van der Waals surface area contributed by atoms with Gasteiger partial charge in [0.25, 0.3) is 0 Å². The number of aliphatic carboxylic acids is 1. The zero-order valence-corrected chi connectivity index (χ0v) is 8.77. The van der Waals surface area contributed by atoms with E-state index in [0.717, 1.165) is 31.6 Å². The van der Waals surface area contributed by atoms with Crippen molar-refractivity contribution in [2.75, 3.05) is 12.3 Å². The topological polar surface area (TPSA) is 75.3 Å². The van der Waals surface area contributed by atoms with Gasteiger partial charge in [-0.25, -0.2) is 0 Å². The minimum atomic E-state index is -0.811. The fourth-order valence-electron chi connectivity index (χ4n) is 0.730. The maximum Gasteiger partial charge on any atom is 0.321 e. The molecule has 13 heavy (non-hydrogen) atoms. The molecular formula is C8H18N2O2S. The van der Waals surface area contributed by atoms with Crippen LogP contribution in [0.3, 0.4) is 0 Å². The molecule has 0 aromatic heterocycles. The Bertz CT molecular complexity index is 144. The molecule has 5 heteroatoms. The minimum Gasteiger partial charge on any atom is -0.480 e. The summed E-state index contributed by atoms with van der Waals surface area (Å²) in [5.74, 6) is 0.131. The summed E-state index contributed by atoms with van der Waals surface area (Å²) in [6.07, 6.45) is 3.25. The molecule has 0 rings (SSSR count). The van der Waals surface area contributed by atoms with Crippen molar-refractivity contribution in [2.24, 2.45) is 5.73 Å². The Labute approximate surface area is 83.4 Å². The SMILES string of the molecule is CC(NSCCCCCN)C(=O)O. The van der Waals surface area contributed by atoms with Crippen molar-refractivity contribution in [1.82, 2.24) is 4.72 Å². The normalized spacial score (nSPS) is 12.8. The van der Waals surface area contributed by atoms with Gasteiger partial charge in [-0.15, -0.1) is 0 Å². The van der Waals surface area contributed by atoms with Crippen molar-refractivity contribution in [3.63, 3.8) is 0 Å². The predicted molar refractivity (Wildman–Crippen MR) is 55.6 cm³/mol. The second-order valence-corrected chi connectivity index (χ2v) is 3.81. The third-order valence-electron chi connectivity index (χ3n) is 1.58. The lowest BCUT2D eigenvalue weighted by Crippen LogP contribution is -2.28. The van der Waals surface area contributed by atoms with E-state index in [4.69, 9.17) is 10.8 Å².